The highest BCUT2D eigenvalue weighted by atomic mass is 16.4. The van der Waals surface area contributed by atoms with Crippen molar-refractivity contribution in [2.75, 3.05) is 6.54 Å². The molecule has 1 aliphatic rings. The molecular formula is C16H21NO4. The van der Waals surface area contributed by atoms with E-state index in [1.165, 1.54) is 12.5 Å². The van der Waals surface area contributed by atoms with Gasteiger partial charge in [0, 0.05) is 18.7 Å². The number of hydrogen-bond donors (Lipinski definition) is 1. The number of amides is 1. The summed E-state index contributed by atoms with van der Waals surface area (Å²) in [4.78, 5) is 24.8. The average molecular weight is 291 g/mol. The zero-order valence-corrected chi connectivity index (χ0v) is 12.0. The molecule has 1 amide bonds. The first-order valence-electron chi connectivity index (χ1n) is 7.41. The number of carboxylic acid groups (broad SMARTS) is 1. The predicted octanol–water partition coefficient (Wildman–Crippen LogP) is 2.93. The molecule has 5 heteroatoms. The normalized spacial score (nSPS) is 16.2. The van der Waals surface area contributed by atoms with E-state index in [4.69, 9.17) is 9.52 Å². The van der Waals surface area contributed by atoms with Gasteiger partial charge in [-0.05, 0) is 31.1 Å². The Morgan fingerprint density at radius 3 is 2.71 bits per heavy atom. The van der Waals surface area contributed by atoms with Gasteiger partial charge in [-0.3, -0.25) is 9.59 Å². The van der Waals surface area contributed by atoms with Gasteiger partial charge in [0.1, 0.15) is 5.76 Å². The molecule has 1 heterocycles. The van der Waals surface area contributed by atoms with Gasteiger partial charge < -0.3 is 14.4 Å². The lowest BCUT2D eigenvalue weighted by Gasteiger charge is -2.33. The lowest BCUT2D eigenvalue weighted by Crippen LogP contribution is -2.41. The minimum absolute atomic E-state index is 0.0170. The summed E-state index contributed by atoms with van der Waals surface area (Å²) < 4.78 is 5.16. The van der Waals surface area contributed by atoms with Gasteiger partial charge in [0.15, 0.2) is 0 Å². The summed E-state index contributed by atoms with van der Waals surface area (Å²) in [6.07, 6.45) is 9.94. The molecule has 0 radical (unpaired) electrons. The third-order valence-electron chi connectivity index (χ3n) is 3.80. The molecule has 0 spiro atoms. The summed E-state index contributed by atoms with van der Waals surface area (Å²) in [5, 5.41) is 8.85. The molecule has 0 aliphatic heterocycles. The number of furan rings is 1. The molecule has 1 N–H and O–H groups in total. The molecule has 0 bridgehead atoms. The summed E-state index contributed by atoms with van der Waals surface area (Å²) in [6, 6.07) is 3.69. The van der Waals surface area contributed by atoms with E-state index in [0.717, 1.165) is 25.7 Å². The van der Waals surface area contributed by atoms with Gasteiger partial charge in [0.2, 0.25) is 5.91 Å². The molecule has 1 fully saturated rings. The van der Waals surface area contributed by atoms with Crippen molar-refractivity contribution in [2.45, 2.75) is 44.6 Å². The van der Waals surface area contributed by atoms with Crippen molar-refractivity contribution < 1.29 is 19.1 Å². The molecule has 0 aromatic carbocycles. The minimum atomic E-state index is -0.876. The van der Waals surface area contributed by atoms with E-state index in [-0.39, 0.29) is 24.9 Å². The van der Waals surface area contributed by atoms with Crippen LogP contribution in [0.25, 0.3) is 6.08 Å². The maximum absolute atomic E-state index is 12.4. The van der Waals surface area contributed by atoms with Crippen LogP contribution in [0.1, 0.15) is 44.3 Å². The number of nitrogens with zero attached hydrogens (tertiary/aromatic N) is 1. The van der Waals surface area contributed by atoms with Crippen LogP contribution < -0.4 is 0 Å². The van der Waals surface area contributed by atoms with E-state index in [1.54, 1.807) is 29.4 Å². The Bertz CT molecular complexity index is 486. The van der Waals surface area contributed by atoms with Crippen molar-refractivity contribution >= 4 is 18.0 Å². The second-order valence-electron chi connectivity index (χ2n) is 5.32. The number of carboxylic acids is 1. The van der Waals surface area contributed by atoms with Crippen molar-refractivity contribution in [1.29, 1.82) is 0 Å². The number of aliphatic carboxylic acids is 1. The molecule has 1 aromatic rings. The molecular weight excluding hydrogens is 270 g/mol. The Morgan fingerprint density at radius 1 is 1.33 bits per heavy atom. The SMILES string of the molecule is O=C(O)CCN(C(=O)/C=C/c1ccco1)C1CCCCC1. The Labute approximate surface area is 124 Å². The van der Waals surface area contributed by atoms with Crippen LogP contribution in [0.3, 0.4) is 0 Å². The van der Waals surface area contributed by atoms with Crippen LogP contribution in [0.4, 0.5) is 0 Å². The summed E-state index contributed by atoms with van der Waals surface area (Å²) >= 11 is 0. The monoisotopic (exact) mass is 291 g/mol. The topological polar surface area (TPSA) is 70.8 Å². The molecule has 21 heavy (non-hydrogen) atoms. The summed E-state index contributed by atoms with van der Waals surface area (Å²) in [5.74, 6) is -0.400. The van der Waals surface area contributed by atoms with Crippen molar-refractivity contribution in [2.24, 2.45) is 0 Å². The lowest BCUT2D eigenvalue weighted by molar-refractivity contribution is -0.138. The molecule has 0 unspecified atom stereocenters. The fourth-order valence-electron chi connectivity index (χ4n) is 2.72. The third-order valence-corrected chi connectivity index (χ3v) is 3.80. The van der Waals surface area contributed by atoms with Crippen molar-refractivity contribution in [3.63, 3.8) is 0 Å². The Balaban J connectivity index is 2.01. The minimum Gasteiger partial charge on any atom is -0.481 e. The first-order valence-corrected chi connectivity index (χ1v) is 7.41. The first kappa shape index (κ1) is 15.4. The number of rotatable bonds is 6. The van der Waals surface area contributed by atoms with Gasteiger partial charge in [-0.15, -0.1) is 0 Å². The quantitative estimate of drug-likeness (QED) is 0.818. The molecule has 0 saturated heterocycles. The van der Waals surface area contributed by atoms with Crippen LogP contribution >= 0.6 is 0 Å². The highest BCUT2D eigenvalue weighted by Crippen LogP contribution is 2.23. The van der Waals surface area contributed by atoms with E-state index in [1.807, 2.05) is 0 Å². The number of carbonyl (C=O) groups is 2. The fraction of sp³-hybridized carbons (Fsp3) is 0.500. The lowest BCUT2D eigenvalue weighted by atomic mass is 9.94. The zero-order valence-electron chi connectivity index (χ0n) is 12.0. The second kappa shape index (κ2) is 7.67. The van der Waals surface area contributed by atoms with Crippen molar-refractivity contribution in [3.05, 3.63) is 30.2 Å². The average Bonchev–Trinajstić information content (AvgIpc) is 2.99. The number of hydrogen-bond acceptors (Lipinski definition) is 3. The van der Waals surface area contributed by atoms with E-state index in [2.05, 4.69) is 0 Å². The summed E-state index contributed by atoms with van der Waals surface area (Å²) in [7, 11) is 0. The summed E-state index contributed by atoms with van der Waals surface area (Å²) in [6.45, 7) is 0.265. The van der Waals surface area contributed by atoms with Gasteiger partial charge in [-0.25, -0.2) is 0 Å². The first-order chi connectivity index (χ1) is 10.2. The maximum Gasteiger partial charge on any atom is 0.305 e. The summed E-state index contributed by atoms with van der Waals surface area (Å²) in [5.41, 5.74) is 0. The van der Waals surface area contributed by atoms with E-state index in [0.29, 0.717) is 5.76 Å². The van der Waals surface area contributed by atoms with E-state index in [9.17, 15) is 9.59 Å². The zero-order chi connectivity index (χ0) is 15.1. The van der Waals surface area contributed by atoms with Gasteiger partial charge in [0.25, 0.3) is 0 Å². The molecule has 2 rings (SSSR count). The Hall–Kier alpha value is -2.04. The molecule has 0 atom stereocenters. The van der Waals surface area contributed by atoms with Crippen LogP contribution in [-0.4, -0.2) is 34.5 Å². The van der Waals surface area contributed by atoms with Gasteiger partial charge in [-0.1, -0.05) is 19.3 Å². The van der Waals surface area contributed by atoms with E-state index < -0.39 is 5.97 Å². The maximum atomic E-state index is 12.4. The number of carbonyl (C=O) groups excluding carboxylic acids is 1. The van der Waals surface area contributed by atoms with Crippen LogP contribution in [0, 0.1) is 0 Å². The van der Waals surface area contributed by atoms with Crippen LogP contribution in [0.15, 0.2) is 28.9 Å². The van der Waals surface area contributed by atoms with Crippen molar-refractivity contribution in [3.8, 4) is 0 Å². The molecule has 1 aliphatic carbocycles. The molecule has 1 aromatic heterocycles. The Kier molecular flexibility index (Phi) is 5.60. The van der Waals surface area contributed by atoms with Gasteiger partial charge >= 0.3 is 5.97 Å². The molecule has 1 saturated carbocycles. The fourth-order valence-corrected chi connectivity index (χ4v) is 2.72. The van der Waals surface area contributed by atoms with Crippen LogP contribution in [-0.2, 0) is 9.59 Å². The van der Waals surface area contributed by atoms with Crippen molar-refractivity contribution in [1.82, 2.24) is 4.90 Å². The third kappa shape index (κ3) is 4.77. The van der Waals surface area contributed by atoms with Gasteiger partial charge in [0.05, 0.1) is 12.7 Å². The largest absolute Gasteiger partial charge is 0.481 e. The molecule has 114 valence electrons. The van der Waals surface area contributed by atoms with E-state index >= 15 is 0 Å². The highest BCUT2D eigenvalue weighted by molar-refractivity contribution is 5.91. The predicted molar refractivity (Wildman–Crippen MR) is 78.6 cm³/mol. The Morgan fingerprint density at radius 2 is 2.10 bits per heavy atom. The second-order valence-corrected chi connectivity index (χ2v) is 5.32. The molecule has 5 nitrogen and oxygen atoms in total. The van der Waals surface area contributed by atoms with Gasteiger partial charge in [-0.2, -0.15) is 0 Å². The van der Waals surface area contributed by atoms with Crippen LogP contribution in [0.2, 0.25) is 0 Å². The smallest absolute Gasteiger partial charge is 0.305 e. The highest BCUT2D eigenvalue weighted by Gasteiger charge is 2.24. The van der Waals surface area contributed by atoms with Crippen LogP contribution in [0.5, 0.6) is 0 Å². The standard InChI is InChI=1S/C16H21NO4/c18-15(9-8-14-7-4-12-21-14)17(11-10-16(19)20)13-5-2-1-3-6-13/h4,7-9,12-13H,1-3,5-6,10-11H2,(H,19,20)/b9-8+.